The first-order valence-corrected chi connectivity index (χ1v) is 8.00. The number of aromatic nitrogens is 1. The number of nitrogens with zero attached hydrogens (tertiary/aromatic N) is 1. The molecule has 2 nitrogen and oxygen atoms in total. The molecule has 1 aliphatic carbocycles. The van der Waals surface area contributed by atoms with E-state index in [0.717, 1.165) is 22.0 Å². The van der Waals surface area contributed by atoms with E-state index in [1.165, 1.54) is 17.4 Å². The van der Waals surface area contributed by atoms with Gasteiger partial charge in [0.1, 0.15) is 5.82 Å². The molecule has 0 unspecified atom stereocenters. The lowest BCUT2D eigenvalue weighted by molar-refractivity contribution is 0.0916. The molecule has 0 spiro atoms. The fourth-order valence-electron chi connectivity index (χ4n) is 2.70. The van der Waals surface area contributed by atoms with E-state index in [1.54, 1.807) is 12.1 Å². The van der Waals surface area contributed by atoms with Gasteiger partial charge >= 0.3 is 0 Å². The van der Waals surface area contributed by atoms with Gasteiger partial charge in [0, 0.05) is 23.4 Å². The Morgan fingerprint density at radius 2 is 2.14 bits per heavy atom. The quantitative estimate of drug-likeness (QED) is 0.803. The van der Waals surface area contributed by atoms with Crippen LogP contribution in [0.3, 0.4) is 0 Å². The van der Waals surface area contributed by atoms with Gasteiger partial charge < -0.3 is 0 Å². The Kier molecular flexibility index (Phi) is 3.62. The lowest BCUT2D eigenvalue weighted by Crippen LogP contribution is -2.26. The van der Waals surface area contributed by atoms with Crippen LogP contribution in [0.15, 0.2) is 18.2 Å². The number of hydrogen-bond acceptors (Lipinski definition) is 3. The van der Waals surface area contributed by atoms with Crippen molar-refractivity contribution in [1.29, 1.82) is 0 Å². The molecule has 110 valence electrons. The monoisotopic (exact) mass is 323 g/mol. The summed E-state index contributed by atoms with van der Waals surface area (Å²) in [5.41, 5.74) is 1.24. The van der Waals surface area contributed by atoms with Gasteiger partial charge in [0.05, 0.1) is 15.6 Å². The molecule has 0 amide bonds. The van der Waals surface area contributed by atoms with Crippen LogP contribution < -0.4 is 0 Å². The number of Topliss-reactive ketones (excluding diaryl/α,β-unsaturated/α-hetero) is 1. The van der Waals surface area contributed by atoms with Gasteiger partial charge in [-0.25, -0.2) is 9.37 Å². The molecule has 5 heteroatoms. The van der Waals surface area contributed by atoms with Crippen LogP contribution in [0, 0.1) is 11.2 Å². The van der Waals surface area contributed by atoms with Crippen LogP contribution in [-0.2, 0) is 12.8 Å². The number of benzene rings is 1. The van der Waals surface area contributed by atoms with Crippen molar-refractivity contribution in [2.24, 2.45) is 5.41 Å². The van der Waals surface area contributed by atoms with Crippen molar-refractivity contribution >= 4 is 28.7 Å². The van der Waals surface area contributed by atoms with Crippen LogP contribution in [0.4, 0.5) is 4.39 Å². The number of carbonyl (C=O) groups is 1. The topological polar surface area (TPSA) is 30.0 Å². The summed E-state index contributed by atoms with van der Waals surface area (Å²) < 4.78 is 13.8. The molecule has 2 aromatic rings. The molecule has 1 aromatic carbocycles. The van der Waals surface area contributed by atoms with Crippen LogP contribution in [0.2, 0.25) is 5.02 Å². The highest BCUT2D eigenvalue weighted by molar-refractivity contribution is 7.13. The van der Waals surface area contributed by atoms with Gasteiger partial charge in [0.25, 0.3) is 0 Å². The molecule has 0 N–H and O–H groups in total. The predicted octanol–water partition coefficient (Wildman–Crippen LogP) is 4.68. The molecule has 3 rings (SSSR count). The van der Waals surface area contributed by atoms with Crippen LogP contribution in [0.1, 0.15) is 46.2 Å². The summed E-state index contributed by atoms with van der Waals surface area (Å²) in [6.45, 7) is 4.14. The summed E-state index contributed by atoms with van der Waals surface area (Å²) in [6, 6.07) is 4.64. The Hall–Kier alpha value is -1.26. The van der Waals surface area contributed by atoms with Crippen molar-refractivity contribution in [1.82, 2.24) is 4.98 Å². The highest BCUT2D eigenvalue weighted by atomic mass is 35.5. The van der Waals surface area contributed by atoms with Crippen molar-refractivity contribution in [2.45, 2.75) is 33.1 Å². The molecule has 0 radical (unpaired) electrons. The number of thiazole rings is 1. The normalized spacial score (nSPS) is 16.9. The van der Waals surface area contributed by atoms with Crippen molar-refractivity contribution < 1.29 is 9.18 Å². The maximum Gasteiger partial charge on any atom is 0.175 e. The van der Waals surface area contributed by atoms with Crippen molar-refractivity contribution in [2.75, 3.05) is 0 Å². The van der Waals surface area contributed by atoms with Crippen LogP contribution in [-0.4, -0.2) is 10.8 Å². The molecule has 0 saturated carbocycles. The zero-order valence-electron chi connectivity index (χ0n) is 11.9. The Morgan fingerprint density at radius 1 is 1.38 bits per heavy atom. The molecule has 1 heterocycles. The SMILES string of the molecule is CC1(C)CC(=O)c2sc(Cc3c(F)cccc3Cl)nc2C1. The largest absolute Gasteiger partial charge is 0.293 e. The Bertz CT molecular complexity index is 703. The molecule has 1 aliphatic rings. The summed E-state index contributed by atoms with van der Waals surface area (Å²) in [7, 11) is 0. The van der Waals surface area contributed by atoms with E-state index in [9.17, 15) is 9.18 Å². The van der Waals surface area contributed by atoms with Gasteiger partial charge in [-0.05, 0) is 24.0 Å². The first-order chi connectivity index (χ1) is 9.85. The van der Waals surface area contributed by atoms with Crippen LogP contribution in [0.5, 0.6) is 0 Å². The third kappa shape index (κ3) is 2.87. The van der Waals surface area contributed by atoms with Gasteiger partial charge in [-0.1, -0.05) is 31.5 Å². The van der Waals surface area contributed by atoms with E-state index in [2.05, 4.69) is 18.8 Å². The number of halogens is 2. The van der Waals surface area contributed by atoms with Crippen molar-refractivity contribution in [3.63, 3.8) is 0 Å². The second-order valence-corrected chi connectivity index (χ2v) is 7.69. The van der Waals surface area contributed by atoms with Crippen molar-refractivity contribution in [3.05, 3.63) is 50.2 Å². The second kappa shape index (κ2) is 5.18. The summed E-state index contributed by atoms with van der Waals surface area (Å²) in [5, 5.41) is 1.15. The molecule has 0 atom stereocenters. The maximum atomic E-state index is 13.8. The van der Waals surface area contributed by atoms with E-state index >= 15 is 0 Å². The minimum atomic E-state index is -0.331. The third-order valence-electron chi connectivity index (χ3n) is 3.67. The predicted molar refractivity (Wildman–Crippen MR) is 82.8 cm³/mol. The smallest absolute Gasteiger partial charge is 0.175 e. The standard InChI is InChI=1S/C16H15ClFNOS/c1-16(2)7-12-15(13(20)8-16)21-14(19-12)6-9-10(17)4-3-5-11(9)18/h3-5H,6-8H2,1-2H3. The number of rotatable bonds is 2. The summed E-state index contributed by atoms with van der Waals surface area (Å²) in [5.74, 6) is -0.188. The van der Waals surface area contributed by atoms with E-state index in [-0.39, 0.29) is 17.0 Å². The van der Waals surface area contributed by atoms with Crippen LogP contribution in [0.25, 0.3) is 0 Å². The Balaban J connectivity index is 1.94. The van der Waals surface area contributed by atoms with Crippen LogP contribution >= 0.6 is 22.9 Å². The van der Waals surface area contributed by atoms with Gasteiger partial charge in [0.15, 0.2) is 5.78 Å². The summed E-state index contributed by atoms with van der Waals surface area (Å²) in [4.78, 5) is 17.5. The first kappa shape index (κ1) is 14.7. The Labute approximate surface area is 132 Å². The van der Waals surface area contributed by atoms with Gasteiger partial charge in [-0.15, -0.1) is 11.3 Å². The maximum absolute atomic E-state index is 13.8. The Morgan fingerprint density at radius 3 is 2.86 bits per heavy atom. The minimum absolute atomic E-state index is 0.0505. The minimum Gasteiger partial charge on any atom is -0.293 e. The number of carbonyl (C=O) groups excluding carboxylic acids is 1. The van der Waals surface area contributed by atoms with Crippen molar-refractivity contribution in [3.8, 4) is 0 Å². The van der Waals surface area contributed by atoms with Gasteiger partial charge in [-0.2, -0.15) is 0 Å². The average Bonchev–Trinajstić information content (AvgIpc) is 2.75. The molecule has 0 bridgehead atoms. The molecule has 0 fully saturated rings. The van der Waals surface area contributed by atoms with E-state index in [1.807, 2.05) is 0 Å². The zero-order valence-corrected chi connectivity index (χ0v) is 13.4. The van der Waals surface area contributed by atoms with Gasteiger partial charge in [0.2, 0.25) is 0 Å². The van der Waals surface area contributed by atoms with Gasteiger partial charge in [-0.3, -0.25) is 4.79 Å². The highest BCUT2D eigenvalue weighted by Gasteiger charge is 2.33. The second-order valence-electron chi connectivity index (χ2n) is 6.20. The van der Waals surface area contributed by atoms with E-state index in [4.69, 9.17) is 11.6 Å². The van der Waals surface area contributed by atoms with E-state index in [0.29, 0.717) is 23.4 Å². The zero-order chi connectivity index (χ0) is 15.2. The fraction of sp³-hybridized carbons (Fsp3) is 0.375. The molecule has 0 saturated heterocycles. The number of ketones is 1. The molecular weight excluding hydrogens is 309 g/mol. The first-order valence-electron chi connectivity index (χ1n) is 6.80. The fourth-order valence-corrected chi connectivity index (χ4v) is 3.96. The highest BCUT2D eigenvalue weighted by Crippen LogP contribution is 2.37. The summed E-state index contributed by atoms with van der Waals surface area (Å²) in [6.07, 6.45) is 1.66. The third-order valence-corrected chi connectivity index (χ3v) is 5.16. The number of hydrogen-bond donors (Lipinski definition) is 0. The van der Waals surface area contributed by atoms with E-state index < -0.39 is 0 Å². The average molecular weight is 324 g/mol. The number of fused-ring (bicyclic) bond motifs is 1. The summed E-state index contributed by atoms with van der Waals surface area (Å²) >= 11 is 7.42. The molecule has 1 aromatic heterocycles. The molecular formula is C16H15ClFNOS. The molecule has 21 heavy (non-hydrogen) atoms. The lowest BCUT2D eigenvalue weighted by Gasteiger charge is -2.26. The lowest BCUT2D eigenvalue weighted by atomic mass is 9.78. The molecule has 0 aliphatic heterocycles.